The van der Waals surface area contributed by atoms with Crippen LogP contribution in [-0.2, 0) is 22.6 Å². The Morgan fingerprint density at radius 3 is 2.68 bits per heavy atom. The Bertz CT molecular complexity index is 487. The average Bonchev–Trinajstić information content (AvgIpc) is 2.43. The van der Waals surface area contributed by atoms with Gasteiger partial charge in [0.25, 0.3) is 0 Å². The first-order valence-electron chi connectivity index (χ1n) is 6.43. The van der Waals surface area contributed by atoms with Crippen LogP contribution in [0.5, 0.6) is 0 Å². The lowest BCUT2D eigenvalue weighted by molar-refractivity contribution is -0.140. The number of nitrogens with two attached hydrogens (primary N) is 1. The number of carbonyl (C=O) groups is 2. The summed E-state index contributed by atoms with van der Waals surface area (Å²) in [5, 5.41) is 2.94. The molecule has 5 heteroatoms. The number of nitrogens with one attached hydrogen (secondary N) is 1. The molecule has 1 heterocycles. The van der Waals surface area contributed by atoms with Gasteiger partial charge in [0.1, 0.15) is 6.04 Å². The van der Waals surface area contributed by atoms with Crippen molar-refractivity contribution in [3.8, 4) is 0 Å². The topological polar surface area (TPSA) is 75.4 Å². The molecule has 0 radical (unpaired) electrons. The predicted molar refractivity (Wildman–Crippen MR) is 72.2 cm³/mol. The highest BCUT2D eigenvalue weighted by Crippen LogP contribution is 2.23. The van der Waals surface area contributed by atoms with Gasteiger partial charge >= 0.3 is 0 Å². The summed E-state index contributed by atoms with van der Waals surface area (Å²) in [6.45, 7) is 1.06. The molecule has 0 bridgehead atoms. The molecule has 0 aromatic heterocycles. The molecule has 1 atom stereocenters. The van der Waals surface area contributed by atoms with Gasteiger partial charge in [0.2, 0.25) is 11.8 Å². The van der Waals surface area contributed by atoms with E-state index in [1.165, 1.54) is 0 Å². The largest absolute Gasteiger partial charge is 0.368 e. The third-order valence-electron chi connectivity index (χ3n) is 3.49. The van der Waals surface area contributed by atoms with E-state index in [0.29, 0.717) is 25.9 Å². The fourth-order valence-electron chi connectivity index (χ4n) is 2.41. The molecule has 0 spiro atoms. The van der Waals surface area contributed by atoms with Crippen LogP contribution in [0.4, 0.5) is 0 Å². The third-order valence-corrected chi connectivity index (χ3v) is 3.49. The summed E-state index contributed by atoms with van der Waals surface area (Å²) in [5.74, 6) is -0.472. The lowest BCUT2D eigenvalue weighted by atomic mass is 9.93. The van der Waals surface area contributed by atoms with Gasteiger partial charge in [-0.05, 0) is 18.2 Å². The van der Waals surface area contributed by atoms with Gasteiger partial charge in [-0.1, -0.05) is 24.3 Å². The third kappa shape index (κ3) is 2.93. The van der Waals surface area contributed by atoms with Crippen LogP contribution in [-0.4, -0.2) is 36.3 Å². The SMILES string of the molecule is CNCCC(=O)N1Cc2ccccc2CC1C(N)=O. The van der Waals surface area contributed by atoms with E-state index < -0.39 is 11.9 Å². The zero-order valence-electron chi connectivity index (χ0n) is 11.1. The van der Waals surface area contributed by atoms with Crippen molar-refractivity contribution in [2.24, 2.45) is 5.73 Å². The Hall–Kier alpha value is -1.88. The normalized spacial score (nSPS) is 17.9. The van der Waals surface area contributed by atoms with Crippen molar-refractivity contribution < 1.29 is 9.59 Å². The highest BCUT2D eigenvalue weighted by molar-refractivity contribution is 5.87. The molecule has 3 N–H and O–H groups in total. The zero-order chi connectivity index (χ0) is 13.8. The van der Waals surface area contributed by atoms with Crippen LogP contribution in [0.15, 0.2) is 24.3 Å². The van der Waals surface area contributed by atoms with Crippen molar-refractivity contribution in [2.45, 2.75) is 25.4 Å². The maximum atomic E-state index is 12.2. The van der Waals surface area contributed by atoms with Crippen LogP contribution in [0, 0.1) is 0 Å². The van der Waals surface area contributed by atoms with E-state index in [0.717, 1.165) is 11.1 Å². The molecule has 19 heavy (non-hydrogen) atoms. The summed E-state index contributed by atoms with van der Waals surface area (Å²) in [6.07, 6.45) is 0.888. The van der Waals surface area contributed by atoms with Crippen LogP contribution in [0.2, 0.25) is 0 Å². The van der Waals surface area contributed by atoms with Crippen LogP contribution in [0.3, 0.4) is 0 Å². The first-order valence-corrected chi connectivity index (χ1v) is 6.43. The lowest BCUT2D eigenvalue weighted by Gasteiger charge is -2.35. The van der Waals surface area contributed by atoms with Gasteiger partial charge in [-0.3, -0.25) is 9.59 Å². The van der Waals surface area contributed by atoms with Crippen molar-refractivity contribution in [3.63, 3.8) is 0 Å². The summed E-state index contributed by atoms with van der Waals surface area (Å²) in [4.78, 5) is 25.3. The molecule has 2 rings (SSSR count). The fraction of sp³-hybridized carbons (Fsp3) is 0.429. The standard InChI is InChI=1S/C14H19N3O2/c1-16-7-6-13(18)17-9-11-5-3-2-4-10(11)8-12(17)14(15)19/h2-5,12,16H,6-9H2,1H3,(H2,15,19). The molecular weight excluding hydrogens is 242 g/mol. The molecule has 0 fully saturated rings. The number of fused-ring (bicyclic) bond motifs is 1. The van der Waals surface area contributed by atoms with E-state index in [-0.39, 0.29) is 5.91 Å². The maximum Gasteiger partial charge on any atom is 0.240 e. The van der Waals surface area contributed by atoms with E-state index >= 15 is 0 Å². The minimum absolute atomic E-state index is 0.0346. The number of hydrogen-bond donors (Lipinski definition) is 2. The number of primary amides is 1. The zero-order valence-corrected chi connectivity index (χ0v) is 11.1. The maximum absolute atomic E-state index is 12.2. The molecule has 0 saturated carbocycles. The van der Waals surface area contributed by atoms with Crippen molar-refractivity contribution >= 4 is 11.8 Å². The van der Waals surface area contributed by atoms with Crippen LogP contribution in [0.1, 0.15) is 17.5 Å². The summed E-state index contributed by atoms with van der Waals surface area (Å²) in [7, 11) is 1.80. The Morgan fingerprint density at radius 1 is 1.37 bits per heavy atom. The van der Waals surface area contributed by atoms with Crippen LogP contribution < -0.4 is 11.1 Å². The number of carbonyl (C=O) groups excluding carboxylic acids is 2. The Balaban J connectivity index is 2.21. The fourth-order valence-corrected chi connectivity index (χ4v) is 2.41. The molecule has 0 saturated heterocycles. The second-order valence-electron chi connectivity index (χ2n) is 4.77. The minimum atomic E-state index is -0.528. The Labute approximate surface area is 112 Å². The van der Waals surface area contributed by atoms with Crippen molar-refractivity contribution in [1.82, 2.24) is 10.2 Å². The first-order chi connectivity index (χ1) is 9.13. The summed E-state index contributed by atoms with van der Waals surface area (Å²) in [5.41, 5.74) is 7.63. The van der Waals surface area contributed by atoms with E-state index in [9.17, 15) is 9.59 Å². The van der Waals surface area contributed by atoms with Crippen molar-refractivity contribution in [3.05, 3.63) is 35.4 Å². The number of rotatable bonds is 4. The second-order valence-corrected chi connectivity index (χ2v) is 4.77. The summed E-state index contributed by atoms with van der Waals surface area (Å²) >= 11 is 0. The smallest absolute Gasteiger partial charge is 0.240 e. The molecule has 1 unspecified atom stereocenters. The van der Waals surface area contributed by atoms with E-state index in [1.807, 2.05) is 24.3 Å². The number of benzene rings is 1. The highest BCUT2D eigenvalue weighted by atomic mass is 16.2. The van der Waals surface area contributed by atoms with Crippen molar-refractivity contribution in [1.29, 1.82) is 0 Å². The van der Waals surface area contributed by atoms with E-state index in [1.54, 1.807) is 11.9 Å². The second kappa shape index (κ2) is 5.84. The number of nitrogens with zero attached hydrogens (tertiary/aromatic N) is 1. The van der Waals surface area contributed by atoms with Gasteiger partial charge in [-0.15, -0.1) is 0 Å². The van der Waals surface area contributed by atoms with Gasteiger partial charge in [-0.25, -0.2) is 0 Å². The van der Waals surface area contributed by atoms with Gasteiger partial charge in [0.15, 0.2) is 0 Å². The summed E-state index contributed by atoms with van der Waals surface area (Å²) in [6, 6.07) is 7.33. The molecule has 0 aliphatic carbocycles. The van der Waals surface area contributed by atoms with Crippen molar-refractivity contribution in [2.75, 3.05) is 13.6 Å². The lowest BCUT2D eigenvalue weighted by Crippen LogP contribution is -2.51. The number of amides is 2. The number of hydrogen-bond acceptors (Lipinski definition) is 3. The monoisotopic (exact) mass is 261 g/mol. The molecule has 1 aromatic rings. The van der Waals surface area contributed by atoms with Crippen LogP contribution >= 0.6 is 0 Å². The minimum Gasteiger partial charge on any atom is -0.368 e. The molecule has 102 valence electrons. The first kappa shape index (κ1) is 13.5. The Morgan fingerprint density at radius 2 is 2.05 bits per heavy atom. The van der Waals surface area contributed by atoms with E-state index in [2.05, 4.69) is 5.32 Å². The summed E-state index contributed by atoms with van der Waals surface area (Å²) < 4.78 is 0. The van der Waals surface area contributed by atoms with Gasteiger partial charge in [0.05, 0.1) is 0 Å². The molecule has 1 aromatic carbocycles. The van der Waals surface area contributed by atoms with Gasteiger partial charge in [0, 0.05) is 25.9 Å². The van der Waals surface area contributed by atoms with Crippen LogP contribution in [0.25, 0.3) is 0 Å². The van der Waals surface area contributed by atoms with Gasteiger partial charge < -0.3 is 16.0 Å². The predicted octanol–water partition coefficient (Wildman–Crippen LogP) is 0.0347. The quantitative estimate of drug-likeness (QED) is 0.803. The molecule has 1 aliphatic rings. The molecular formula is C14H19N3O2. The average molecular weight is 261 g/mol. The molecule has 1 aliphatic heterocycles. The van der Waals surface area contributed by atoms with E-state index in [4.69, 9.17) is 5.73 Å². The van der Waals surface area contributed by atoms with Gasteiger partial charge in [-0.2, -0.15) is 0 Å². The highest BCUT2D eigenvalue weighted by Gasteiger charge is 2.32. The molecule has 2 amide bonds. The molecule has 5 nitrogen and oxygen atoms in total. The Kier molecular flexibility index (Phi) is 4.16.